The summed E-state index contributed by atoms with van der Waals surface area (Å²) < 4.78 is 11.5. The first-order chi connectivity index (χ1) is 13.6. The van der Waals surface area contributed by atoms with Crippen LogP contribution in [-0.4, -0.2) is 36.5 Å². The Labute approximate surface area is 165 Å². The molecule has 146 valence electrons. The molecule has 2 aromatic carbocycles. The number of nitrogens with zero attached hydrogens (tertiary/aromatic N) is 1. The minimum absolute atomic E-state index is 0.0420. The van der Waals surface area contributed by atoms with Crippen LogP contribution in [0.4, 0.5) is 0 Å². The molecule has 0 N–H and O–H groups in total. The molecule has 2 aliphatic heterocycles. The topological polar surface area (TPSA) is 55.8 Å². The van der Waals surface area contributed by atoms with E-state index in [-0.39, 0.29) is 11.9 Å². The molecule has 5 nitrogen and oxygen atoms in total. The molecule has 1 fully saturated rings. The van der Waals surface area contributed by atoms with Crippen molar-refractivity contribution >= 4 is 11.9 Å². The van der Waals surface area contributed by atoms with E-state index in [9.17, 15) is 9.59 Å². The number of rotatable bonds is 5. The summed E-state index contributed by atoms with van der Waals surface area (Å²) in [5.74, 6) is 0.442. The van der Waals surface area contributed by atoms with E-state index in [1.54, 1.807) is 23.1 Å². The van der Waals surface area contributed by atoms with Crippen molar-refractivity contribution in [1.82, 2.24) is 4.90 Å². The molecule has 4 rings (SSSR count). The Bertz CT molecular complexity index is 876. The lowest BCUT2D eigenvalue weighted by Crippen LogP contribution is -2.48. The molecule has 5 heteroatoms. The van der Waals surface area contributed by atoms with Crippen molar-refractivity contribution in [2.24, 2.45) is 0 Å². The molecule has 0 aromatic heterocycles. The lowest BCUT2D eigenvalue weighted by Gasteiger charge is -2.39. The van der Waals surface area contributed by atoms with Gasteiger partial charge < -0.3 is 14.4 Å². The lowest BCUT2D eigenvalue weighted by atomic mass is 9.85. The third kappa shape index (κ3) is 3.37. The lowest BCUT2D eigenvalue weighted by molar-refractivity contribution is -0.0442. The largest absolute Gasteiger partial charge is 0.494 e. The number of ether oxygens (including phenoxy) is 2. The fourth-order valence-electron chi connectivity index (χ4n) is 4.05. The van der Waals surface area contributed by atoms with Crippen molar-refractivity contribution in [3.63, 3.8) is 0 Å². The molecule has 28 heavy (non-hydrogen) atoms. The quantitative estimate of drug-likeness (QED) is 0.578. The summed E-state index contributed by atoms with van der Waals surface area (Å²) >= 11 is 0. The molecule has 0 radical (unpaired) electrons. The summed E-state index contributed by atoms with van der Waals surface area (Å²) in [4.78, 5) is 27.1. The van der Waals surface area contributed by atoms with Gasteiger partial charge in [0.25, 0.3) is 5.91 Å². The van der Waals surface area contributed by atoms with Crippen LogP contribution in [0.1, 0.15) is 58.9 Å². The minimum Gasteiger partial charge on any atom is -0.494 e. The predicted molar refractivity (Wildman–Crippen MR) is 106 cm³/mol. The van der Waals surface area contributed by atoms with Gasteiger partial charge in [-0.15, -0.1) is 0 Å². The SMILES string of the molecule is CCCCOc1ccc(C(=O)N2CCCC3(C2)OC(=O)c2ccccc23)cc1. The summed E-state index contributed by atoms with van der Waals surface area (Å²) in [6, 6.07) is 14.8. The zero-order chi connectivity index (χ0) is 19.6. The van der Waals surface area contributed by atoms with E-state index in [1.165, 1.54) is 0 Å². The van der Waals surface area contributed by atoms with Gasteiger partial charge in [-0.05, 0) is 49.6 Å². The molecular formula is C23H25NO4. The number of hydrogen-bond donors (Lipinski definition) is 0. The number of likely N-dealkylation sites (tertiary alicyclic amines) is 1. The second-order valence-corrected chi connectivity index (χ2v) is 7.49. The Morgan fingerprint density at radius 2 is 1.96 bits per heavy atom. The Kier molecular flexibility index (Phi) is 5.07. The maximum atomic E-state index is 13.0. The van der Waals surface area contributed by atoms with Crippen LogP contribution in [-0.2, 0) is 10.3 Å². The number of esters is 1. The van der Waals surface area contributed by atoms with E-state index >= 15 is 0 Å². The van der Waals surface area contributed by atoms with Crippen molar-refractivity contribution < 1.29 is 19.1 Å². The van der Waals surface area contributed by atoms with Crippen LogP contribution >= 0.6 is 0 Å². The first-order valence-electron chi connectivity index (χ1n) is 9.98. The van der Waals surface area contributed by atoms with E-state index in [4.69, 9.17) is 9.47 Å². The van der Waals surface area contributed by atoms with E-state index < -0.39 is 5.60 Å². The van der Waals surface area contributed by atoms with Gasteiger partial charge in [0.05, 0.1) is 18.7 Å². The molecule has 1 atom stereocenters. The highest BCUT2D eigenvalue weighted by atomic mass is 16.6. The summed E-state index contributed by atoms with van der Waals surface area (Å²) in [7, 11) is 0. The van der Waals surface area contributed by atoms with Crippen LogP contribution < -0.4 is 4.74 Å². The van der Waals surface area contributed by atoms with Gasteiger partial charge in [0, 0.05) is 17.7 Å². The second kappa shape index (κ2) is 7.66. The van der Waals surface area contributed by atoms with E-state index in [1.807, 2.05) is 30.3 Å². The van der Waals surface area contributed by atoms with Crippen LogP contribution in [0.15, 0.2) is 48.5 Å². The third-order valence-electron chi connectivity index (χ3n) is 5.54. The van der Waals surface area contributed by atoms with Gasteiger partial charge in [-0.3, -0.25) is 4.79 Å². The molecule has 0 saturated carbocycles. The van der Waals surface area contributed by atoms with E-state index in [2.05, 4.69) is 6.92 Å². The number of unbranched alkanes of at least 4 members (excludes halogenated alkanes) is 1. The Morgan fingerprint density at radius 3 is 2.75 bits per heavy atom. The Hall–Kier alpha value is -2.82. The zero-order valence-electron chi connectivity index (χ0n) is 16.1. The van der Waals surface area contributed by atoms with E-state index in [0.717, 1.165) is 37.0 Å². The van der Waals surface area contributed by atoms with Crippen molar-refractivity contribution in [3.05, 3.63) is 65.2 Å². The fraction of sp³-hybridized carbons (Fsp3) is 0.391. The third-order valence-corrected chi connectivity index (χ3v) is 5.54. The van der Waals surface area contributed by atoms with Gasteiger partial charge in [0.2, 0.25) is 0 Å². The van der Waals surface area contributed by atoms with Crippen molar-refractivity contribution in [1.29, 1.82) is 0 Å². The van der Waals surface area contributed by atoms with Crippen LogP contribution in [0.2, 0.25) is 0 Å². The van der Waals surface area contributed by atoms with Gasteiger partial charge in [-0.2, -0.15) is 0 Å². The molecule has 0 aliphatic carbocycles. The Balaban J connectivity index is 1.49. The first-order valence-corrected chi connectivity index (χ1v) is 9.98. The number of amides is 1. The molecule has 1 saturated heterocycles. The molecule has 2 aromatic rings. The monoisotopic (exact) mass is 379 g/mol. The smallest absolute Gasteiger partial charge is 0.339 e. The van der Waals surface area contributed by atoms with Crippen LogP contribution in [0.5, 0.6) is 5.75 Å². The molecule has 0 bridgehead atoms. The predicted octanol–water partition coefficient (Wildman–Crippen LogP) is 4.17. The minimum atomic E-state index is -0.717. The maximum absolute atomic E-state index is 13.0. The highest BCUT2D eigenvalue weighted by Crippen LogP contribution is 2.43. The molecule has 1 unspecified atom stereocenters. The number of piperidine rings is 1. The average Bonchev–Trinajstić information content (AvgIpc) is 3.00. The molecule has 2 aliphatic rings. The maximum Gasteiger partial charge on any atom is 0.339 e. The molecule has 1 amide bonds. The highest BCUT2D eigenvalue weighted by molar-refractivity contribution is 5.96. The summed E-state index contributed by atoms with van der Waals surface area (Å²) in [5, 5.41) is 0. The number of carbonyl (C=O) groups is 2. The number of benzene rings is 2. The zero-order valence-corrected chi connectivity index (χ0v) is 16.1. The van der Waals surface area contributed by atoms with Crippen LogP contribution in [0, 0.1) is 0 Å². The number of fused-ring (bicyclic) bond motifs is 2. The molecule has 2 heterocycles. The summed E-state index contributed by atoms with van der Waals surface area (Å²) in [6.45, 7) is 3.86. The Morgan fingerprint density at radius 1 is 1.18 bits per heavy atom. The highest BCUT2D eigenvalue weighted by Gasteiger charge is 2.48. The van der Waals surface area contributed by atoms with Crippen molar-refractivity contribution in [2.75, 3.05) is 19.7 Å². The van der Waals surface area contributed by atoms with Crippen LogP contribution in [0.25, 0.3) is 0 Å². The van der Waals surface area contributed by atoms with Crippen LogP contribution in [0.3, 0.4) is 0 Å². The average molecular weight is 379 g/mol. The van der Waals surface area contributed by atoms with Gasteiger partial charge in [0.1, 0.15) is 5.75 Å². The van der Waals surface area contributed by atoms with Gasteiger partial charge in [0.15, 0.2) is 5.60 Å². The molecule has 1 spiro atoms. The van der Waals surface area contributed by atoms with E-state index in [0.29, 0.717) is 30.8 Å². The standard InChI is InChI=1S/C23H25NO4/c1-2-3-15-27-18-11-9-17(10-12-18)21(25)24-14-6-13-23(16-24)20-8-5-4-7-19(20)22(26)28-23/h4-5,7-12H,2-3,6,13-16H2,1H3. The number of hydrogen-bond acceptors (Lipinski definition) is 4. The first kappa shape index (κ1) is 18.5. The number of carbonyl (C=O) groups excluding carboxylic acids is 2. The van der Waals surface area contributed by atoms with Gasteiger partial charge in [-0.25, -0.2) is 4.79 Å². The van der Waals surface area contributed by atoms with Gasteiger partial charge >= 0.3 is 5.97 Å². The summed E-state index contributed by atoms with van der Waals surface area (Å²) in [5.41, 5.74) is 1.42. The fourth-order valence-corrected chi connectivity index (χ4v) is 4.05. The summed E-state index contributed by atoms with van der Waals surface area (Å²) in [6.07, 6.45) is 3.63. The van der Waals surface area contributed by atoms with Gasteiger partial charge in [-0.1, -0.05) is 31.5 Å². The second-order valence-electron chi connectivity index (χ2n) is 7.49. The normalized spacial score (nSPS) is 20.8. The van der Waals surface area contributed by atoms with Crippen molar-refractivity contribution in [3.8, 4) is 5.75 Å². The van der Waals surface area contributed by atoms with Crippen molar-refractivity contribution in [2.45, 2.75) is 38.2 Å². The molecular weight excluding hydrogens is 354 g/mol.